The Hall–Kier alpha value is -0.120. The predicted octanol–water partition coefficient (Wildman–Crippen LogP) is -0.816. The van der Waals surface area contributed by atoms with Crippen LogP contribution < -0.4 is 0 Å². The molecule has 0 unspecified atom stereocenters. The fourth-order valence-electron chi connectivity index (χ4n) is 0.989. The smallest absolute Gasteiger partial charge is 0.0957 e. The number of aliphatic hydroxyl groups is 1. The molecule has 9 heavy (non-hydrogen) atoms. The van der Waals surface area contributed by atoms with Crippen molar-refractivity contribution < 1.29 is 5.11 Å². The first kappa shape index (κ1) is 6.99. The molecule has 0 amide bonds. The third kappa shape index (κ3) is 1.93. The van der Waals surface area contributed by atoms with E-state index in [-0.39, 0.29) is 6.73 Å². The van der Waals surface area contributed by atoms with Gasteiger partial charge in [-0.2, -0.15) is 0 Å². The van der Waals surface area contributed by atoms with Gasteiger partial charge in [-0.05, 0) is 7.05 Å². The molecular formula is C6H14N2O. The maximum absolute atomic E-state index is 8.68. The number of likely N-dealkylation sites (N-methyl/N-ethyl adjacent to an activating group) is 1. The Balaban J connectivity index is 2.18. The van der Waals surface area contributed by atoms with Crippen molar-refractivity contribution in [1.29, 1.82) is 0 Å². The summed E-state index contributed by atoms with van der Waals surface area (Å²) in [5.74, 6) is 0. The largest absolute Gasteiger partial charge is 0.381 e. The fraction of sp³-hybridized carbons (Fsp3) is 1.00. The highest BCUT2D eigenvalue weighted by Crippen LogP contribution is 1.95. The third-order valence-electron chi connectivity index (χ3n) is 1.80. The van der Waals surface area contributed by atoms with Crippen LogP contribution in [0, 0.1) is 0 Å². The topological polar surface area (TPSA) is 26.7 Å². The first-order chi connectivity index (χ1) is 4.33. The summed E-state index contributed by atoms with van der Waals surface area (Å²) in [5, 5.41) is 8.68. The van der Waals surface area contributed by atoms with Gasteiger partial charge in [0.2, 0.25) is 0 Å². The van der Waals surface area contributed by atoms with Crippen molar-refractivity contribution >= 4 is 0 Å². The van der Waals surface area contributed by atoms with Crippen LogP contribution in [0.3, 0.4) is 0 Å². The Labute approximate surface area is 55.9 Å². The summed E-state index contributed by atoms with van der Waals surface area (Å²) in [6.45, 7) is 4.40. The molecular weight excluding hydrogens is 116 g/mol. The minimum atomic E-state index is 0.216. The standard InChI is InChI=1S/C6H14N2O/c1-7-2-4-8(6-9)5-3-7/h9H,2-6H2,1H3. The highest BCUT2D eigenvalue weighted by molar-refractivity contribution is 4.65. The van der Waals surface area contributed by atoms with Gasteiger partial charge in [-0.15, -0.1) is 0 Å². The zero-order valence-corrected chi connectivity index (χ0v) is 5.88. The van der Waals surface area contributed by atoms with Crippen molar-refractivity contribution in [3.8, 4) is 0 Å². The summed E-state index contributed by atoms with van der Waals surface area (Å²) in [6, 6.07) is 0. The van der Waals surface area contributed by atoms with Crippen LogP contribution in [-0.4, -0.2) is 54.9 Å². The van der Waals surface area contributed by atoms with E-state index in [0.717, 1.165) is 26.2 Å². The Morgan fingerprint density at radius 2 is 1.78 bits per heavy atom. The van der Waals surface area contributed by atoms with Crippen LogP contribution in [-0.2, 0) is 0 Å². The third-order valence-corrected chi connectivity index (χ3v) is 1.80. The number of nitrogens with zero attached hydrogens (tertiary/aromatic N) is 2. The molecule has 0 saturated carbocycles. The van der Waals surface area contributed by atoms with Gasteiger partial charge in [0.1, 0.15) is 0 Å². The number of piperazine rings is 1. The molecule has 0 radical (unpaired) electrons. The van der Waals surface area contributed by atoms with Gasteiger partial charge in [0.05, 0.1) is 6.73 Å². The molecule has 54 valence electrons. The molecule has 1 rings (SSSR count). The number of hydrogen-bond donors (Lipinski definition) is 1. The summed E-state index contributed by atoms with van der Waals surface area (Å²) in [5.41, 5.74) is 0. The molecule has 1 heterocycles. The van der Waals surface area contributed by atoms with Gasteiger partial charge < -0.3 is 10.0 Å². The molecule has 3 heteroatoms. The normalized spacial score (nSPS) is 24.7. The monoisotopic (exact) mass is 130 g/mol. The molecule has 0 aromatic carbocycles. The van der Waals surface area contributed by atoms with E-state index in [2.05, 4.69) is 11.9 Å². The van der Waals surface area contributed by atoms with Crippen LogP contribution in [0.15, 0.2) is 0 Å². The van der Waals surface area contributed by atoms with Gasteiger partial charge in [-0.1, -0.05) is 0 Å². The van der Waals surface area contributed by atoms with Crippen molar-refractivity contribution in [2.75, 3.05) is 40.0 Å². The predicted molar refractivity (Wildman–Crippen MR) is 36.2 cm³/mol. The van der Waals surface area contributed by atoms with Gasteiger partial charge in [0.15, 0.2) is 0 Å². The lowest BCUT2D eigenvalue weighted by atomic mass is 10.3. The molecule has 1 N–H and O–H groups in total. The minimum Gasteiger partial charge on any atom is -0.381 e. The second kappa shape index (κ2) is 3.15. The zero-order chi connectivity index (χ0) is 6.69. The Bertz CT molecular complexity index is 79.1. The summed E-state index contributed by atoms with van der Waals surface area (Å²) < 4.78 is 0. The number of hydrogen-bond acceptors (Lipinski definition) is 3. The molecule has 0 aliphatic carbocycles. The quantitative estimate of drug-likeness (QED) is 0.502. The van der Waals surface area contributed by atoms with E-state index in [0.29, 0.717) is 0 Å². The van der Waals surface area contributed by atoms with Crippen molar-refractivity contribution in [3.63, 3.8) is 0 Å². The Morgan fingerprint density at radius 1 is 1.22 bits per heavy atom. The van der Waals surface area contributed by atoms with Gasteiger partial charge >= 0.3 is 0 Å². The molecule has 0 aromatic heterocycles. The first-order valence-electron chi connectivity index (χ1n) is 3.34. The van der Waals surface area contributed by atoms with E-state index in [1.165, 1.54) is 0 Å². The van der Waals surface area contributed by atoms with Gasteiger partial charge in [-0.3, -0.25) is 4.90 Å². The van der Waals surface area contributed by atoms with Crippen molar-refractivity contribution in [1.82, 2.24) is 9.80 Å². The lowest BCUT2D eigenvalue weighted by Crippen LogP contribution is -2.44. The molecule has 1 saturated heterocycles. The van der Waals surface area contributed by atoms with E-state index < -0.39 is 0 Å². The van der Waals surface area contributed by atoms with Crippen molar-refractivity contribution in [2.24, 2.45) is 0 Å². The zero-order valence-electron chi connectivity index (χ0n) is 5.88. The maximum atomic E-state index is 8.68. The fourth-order valence-corrected chi connectivity index (χ4v) is 0.989. The van der Waals surface area contributed by atoms with Crippen LogP contribution >= 0.6 is 0 Å². The van der Waals surface area contributed by atoms with Crippen molar-refractivity contribution in [2.45, 2.75) is 0 Å². The SMILES string of the molecule is CN1CCN(CO)CC1. The van der Waals surface area contributed by atoms with Gasteiger partial charge in [0.25, 0.3) is 0 Å². The van der Waals surface area contributed by atoms with E-state index in [9.17, 15) is 0 Å². The second-order valence-corrected chi connectivity index (χ2v) is 2.56. The maximum Gasteiger partial charge on any atom is 0.0957 e. The van der Waals surface area contributed by atoms with Crippen LogP contribution in [0.1, 0.15) is 0 Å². The first-order valence-corrected chi connectivity index (χ1v) is 3.34. The molecule has 0 bridgehead atoms. The second-order valence-electron chi connectivity index (χ2n) is 2.56. The molecule has 0 spiro atoms. The van der Waals surface area contributed by atoms with Crippen LogP contribution in [0.2, 0.25) is 0 Å². The highest BCUT2D eigenvalue weighted by Gasteiger charge is 2.11. The summed E-state index contributed by atoms with van der Waals surface area (Å²) in [6.07, 6.45) is 0. The van der Waals surface area contributed by atoms with E-state index in [4.69, 9.17) is 5.11 Å². The molecule has 3 nitrogen and oxygen atoms in total. The van der Waals surface area contributed by atoms with E-state index in [1.54, 1.807) is 0 Å². The van der Waals surface area contributed by atoms with Crippen LogP contribution in [0.4, 0.5) is 0 Å². The average Bonchev–Trinajstić information content (AvgIpc) is 1.90. The average molecular weight is 130 g/mol. The van der Waals surface area contributed by atoms with E-state index >= 15 is 0 Å². The number of rotatable bonds is 1. The lowest BCUT2D eigenvalue weighted by molar-refractivity contribution is 0.0630. The Morgan fingerprint density at radius 3 is 2.22 bits per heavy atom. The lowest BCUT2D eigenvalue weighted by Gasteiger charge is -2.30. The molecule has 0 aromatic rings. The summed E-state index contributed by atoms with van der Waals surface area (Å²) in [7, 11) is 2.11. The minimum absolute atomic E-state index is 0.216. The van der Waals surface area contributed by atoms with Gasteiger partial charge in [0, 0.05) is 26.2 Å². The van der Waals surface area contributed by atoms with E-state index in [1.807, 2.05) is 4.90 Å². The van der Waals surface area contributed by atoms with Crippen molar-refractivity contribution in [3.05, 3.63) is 0 Å². The molecule has 1 aliphatic heterocycles. The van der Waals surface area contributed by atoms with Gasteiger partial charge in [-0.25, -0.2) is 0 Å². The Kier molecular flexibility index (Phi) is 2.45. The highest BCUT2D eigenvalue weighted by atomic mass is 16.3. The van der Waals surface area contributed by atoms with Crippen LogP contribution in [0.25, 0.3) is 0 Å². The summed E-state index contributed by atoms with van der Waals surface area (Å²) in [4.78, 5) is 4.31. The molecule has 0 atom stereocenters. The van der Waals surface area contributed by atoms with Crippen LogP contribution in [0.5, 0.6) is 0 Å². The summed E-state index contributed by atoms with van der Waals surface area (Å²) >= 11 is 0. The number of aliphatic hydroxyl groups excluding tert-OH is 1. The molecule has 1 fully saturated rings. The molecule has 1 aliphatic rings.